The van der Waals surface area contributed by atoms with E-state index in [4.69, 9.17) is 7.48 Å². The molecule has 0 atom stereocenters. The first-order valence-corrected chi connectivity index (χ1v) is 7.66. The van der Waals surface area contributed by atoms with Gasteiger partial charge in [-0.05, 0) is 23.7 Å². The van der Waals surface area contributed by atoms with Crippen molar-refractivity contribution in [2.75, 3.05) is 33.3 Å². The maximum Gasteiger partial charge on any atom is 0.122 e. The molecule has 4 heteroatoms. The van der Waals surface area contributed by atoms with Crippen molar-refractivity contribution in [3.63, 3.8) is 0 Å². The SMILES string of the molecule is [2H]c1cnc(Cc2ccc(CN3CCNCC3)cc2OC)cc1[2H]. The molecular weight excluding hydrogens is 274 g/mol. The van der Waals surface area contributed by atoms with E-state index in [9.17, 15) is 0 Å². The summed E-state index contributed by atoms with van der Waals surface area (Å²) in [6.07, 6.45) is 2.03. The lowest BCUT2D eigenvalue weighted by Crippen LogP contribution is -2.42. The van der Waals surface area contributed by atoms with Crippen LogP contribution in [0.3, 0.4) is 0 Å². The van der Waals surface area contributed by atoms with Gasteiger partial charge in [0, 0.05) is 56.6 Å². The number of rotatable bonds is 5. The van der Waals surface area contributed by atoms with Crippen molar-refractivity contribution >= 4 is 0 Å². The Hall–Kier alpha value is -1.91. The van der Waals surface area contributed by atoms with E-state index in [0.29, 0.717) is 6.42 Å². The summed E-state index contributed by atoms with van der Waals surface area (Å²) in [5, 5.41) is 3.37. The average Bonchev–Trinajstić information content (AvgIpc) is 2.60. The summed E-state index contributed by atoms with van der Waals surface area (Å²) in [5.41, 5.74) is 3.07. The molecule has 1 aromatic heterocycles. The van der Waals surface area contributed by atoms with Crippen LogP contribution in [-0.2, 0) is 13.0 Å². The van der Waals surface area contributed by atoms with Gasteiger partial charge in [-0.2, -0.15) is 0 Å². The maximum atomic E-state index is 7.73. The lowest BCUT2D eigenvalue weighted by Gasteiger charge is -2.27. The molecule has 0 radical (unpaired) electrons. The second-order valence-corrected chi connectivity index (χ2v) is 5.53. The van der Waals surface area contributed by atoms with Crippen LogP contribution in [0.1, 0.15) is 19.6 Å². The van der Waals surface area contributed by atoms with E-state index in [-0.39, 0.29) is 12.1 Å². The second-order valence-electron chi connectivity index (χ2n) is 5.53. The summed E-state index contributed by atoms with van der Waals surface area (Å²) in [6, 6.07) is 8.32. The fourth-order valence-electron chi connectivity index (χ4n) is 2.77. The van der Waals surface area contributed by atoms with Crippen LogP contribution in [0.25, 0.3) is 0 Å². The van der Waals surface area contributed by atoms with E-state index in [0.717, 1.165) is 49.7 Å². The number of hydrogen-bond donors (Lipinski definition) is 1. The molecule has 0 aliphatic carbocycles. The summed E-state index contributed by atoms with van der Waals surface area (Å²) in [5.74, 6) is 0.853. The highest BCUT2D eigenvalue weighted by molar-refractivity contribution is 5.39. The number of hydrogen-bond acceptors (Lipinski definition) is 4. The molecule has 1 fully saturated rings. The molecule has 0 bridgehead atoms. The fourth-order valence-corrected chi connectivity index (χ4v) is 2.77. The zero-order chi connectivity index (χ0) is 16.9. The molecule has 3 rings (SSSR count). The Balaban J connectivity index is 1.74. The summed E-state index contributed by atoms with van der Waals surface area (Å²) in [7, 11) is 1.68. The number of pyridine rings is 1. The molecule has 22 heavy (non-hydrogen) atoms. The maximum absolute atomic E-state index is 7.73. The van der Waals surface area contributed by atoms with Gasteiger partial charge in [0.15, 0.2) is 0 Å². The predicted octanol–water partition coefficient (Wildman–Crippen LogP) is 2.09. The van der Waals surface area contributed by atoms with E-state index in [2.05, 4.69) is 33.4 Å². The molecule has 1 aliphatic rings. The number of benzene rings is 1. The van der Waals surface area contributed by atoms with E-state index in [1.807, 2.05) is 0 Å². The zero-order valence-electron chi connectivity index (χ0n) is 14.9. The fraction of sp³-hybridized carbons (Fsp3) is 0.389. The smallest absolute Gasteiger partial charge is 0.122 e. The van der Waals surface area contributed by atoms with Crippen LogP contribution in [-0.4, -0.2) is 43.2 Å². The van der Waals surface area contributed by atoms with Gasteiger partial charge in [-0.25, -0.2) is 0 Å². The Labute approximate surface area is 134 Å². The van der Waals surface area contributed by atoms with Gasteiger partial charge in [0.05, 0.1) is 9.85 Å². The Morgan fingerprint density at radius 2 is 2.14 bits per heavy atom. The van der Waals surface area contributed by atoms with Crippen molar-refractivity contribution in [2.24, 2.45) is 0 Å². The monoisotopic (exact) mass is 299 g/mol. The van der Waals surface area contributed by atoms with Gasteiger partial charge in [-0.1, -0.05) is 18.2 Å². The minimum absolute atomic E-state index is 0.150. The minimum Gasteiger partial charge on any atom is -0.496 e. The van der Waals surface area contributed by atoms with Crippen molar-refractivity contribution in [3.05, 3.63) is 59.4 Å². The molecule has 2 aromatic rings. The van der Waals surface area contributed by atoms with Crippen LogP contribution >= 0.6 is 0 Å². The molecule has 2 heterocycles. The average molecular weight is 299 g/mol. The van der Waals surface area contributed by atoms with Crippen molar-refractivity contribution in [1.29, 1.82) is 0 Å². The van der Waals surface area contributed by atoms with E-state index in [1.54, 1.807) is 13.2 Å². The van der Waals surface area contributed by atoms with Crippen LogP contribution in [0.2, 0.25) is 0 Å². The number of nitrogens with one attached hydrogen (secondary N) is 1. The Kier molecular flexibility index (Phi) is 4.23. The Morgan fingerprint density at radius 1 is 1.27 bits per heavy atom. The van der Waals surface area contributed by atoms with Crippen LogP contribution < -0.4 is 10.1 Å². The quantitative estimate of drug-likeness (QED) is 0.917. The standard InChI is InChI=1S/C18H23N3O/c1-22-18-12-15(14-21-10-8-19-9-11-21)5-6-16(18)13-17-4-2-3-7-20-17/h2-7,12,19H,8-11,13-14H2,1H3/i2D,3D. The summed E-state index contributed by atoms with van der Waals surface area (Å²) < 4.78 is 20.8. The Morgan fingerprint density at radius 3 is 2.91 bits per heavy atom. The normalized spacial score (nSPS) is 17.0. The van der Waals surface area contributed by atoms with Gasteiger partial charge in [0.25, 0.3) is 0 Å². The van der Waals surface area contributed by atoms with Crippen LogP contribution in [0.15, 0.2) is 42.5 Å². The molecule has 1 aliphatic heterocycles. The number of nitrogens with zero attached hydrogens (tertiary/aromatic N) is 2. The molecule has 0 unspecified atom stereocenters. The number of ether oxygens (including phenoxy) is 1. The van der Waals surface area contributed by atoms with Gasteiger partial charge in [-0.3, -0.25) is 9.88 Å². The first kappa shape index (κ1) is 12.6. The molecule has 1 saturated heterocycles. The Bertz CT molecular complexity index is 703. The third-order valence-electron chi connectivity index (χ3n) is 3.96. The highest BCUT2D eigenvalue weighted by Crippen LogP contribution is 2.23. The molecule has 0 spiro atoms. The molecule has 1 N–H and O–H groups in total. The van der Waals surface area contributed by atoms with Gasteiger partial charge < -0.3 is 10.1 Å². The molecular formula is C18H23N3O. The van der Waals surface area contributed by atoms with Gasteiger partial charge in [0.2, 0.25) is 0 Å². The second kappa shape index (κ2) is 7.38. The summed E-state index contributed by atoms with van der Waals surface area (Å²) in [4.78, 5) is 6.68. The van der Waals surface area contributed by atoms with Crippen LogP contribution in [0.5, 0.6) is 5.75 Å². The number of aromatic nitrogens is 1. The third-order valence-corrected chi connectivity index (χ3v) is 3.96. The molecule has 4 nitrogen and oxygen atoms in total. The van der Waals surface area contributed by atoms with E-state index >= 15 is 0 Å². The minimum atomic E-state index is 0.150. The molecule has 1 aromatic carbocycles. The van der Waals surface area contributed by atoms with E-state index in [1.165, 1.54) is 11.8 Å². The number of piperazine rings is 1. The highest BCUT2D eigenvalue weighted by Gasteiger charge is 2.12. The van der Waals surface area contributed by atoms with Crippen molar-refractivity contribution in [1.82, 2.24) is 15.2 Å². The first-order chi connectivity index (χ1) is 11.7. The van der Waals surface area contributed by atoms with Gasteiger partial charge in [-0.15, -0.1) is 0 Å². The lowest BCUT2D eigenvalue weighted by molar-refractivity contribution is 0.233. The largest absolute Gasteiger partial charge is 0.496 e. The topological polar surface area (TPSA) is 37.4 Å². The third kappa shape index (κ3) is 3.84. The van der Waals surface area contributed by atoms with Crippen molar-refractivity contribution in [2.45, 2.75) is 13.0 Å². The van der Waals surface area contributed by atoms with Crippen molar-refractivity contribution < 1.29 is 7.48 Å². The zero-order valence-corrected chi connectivity index (χ0v) is 12.9. The van der Waals surface area contributed by atoms with Crippen LogP contribution in [0, 0.1) is 0 Å². The van der Waals surface area contributed by atoms with Crippen molar-refractivity contribution in [3.8, 4) is 5.75 Å². The molecule has 0 amide bonds. The summed E-state index contributed by atoms with van der Waals surface area (Å²) in [6.45, 7) is 5.16. The van der Waals surface area contributed by atoms with Gasteiger partial charge >= 0.3 is 0 Å². The summed E-state index contributed by atoms with van der Waals surface area (Å²) >= 11 is 0. The number of methoxy groups -OCH3 is 1. The highest BCUT2D eigenvalue weighted by atomic mass is 16.5. The first-order valence-electron chi connectivity index (χ1n) is 8.66. The van der Waals surface area contributed by atoms with E-state index < -0.39 is 0 Å². The predicted molar refractivity (Wildman–Crippen MR) is 88.2 cm³/mol. The molecule has 116 valence electrons. The molecule has 0 saturated carbocycles. The van der Waals surface area contributed by atoms with Gasteiger partial charge in [0.1, 0.15) is 5.75 Å². The lowest BCUT2D eigenvalue weighted by atomic mass is 10.0. The van der Waals surface area contributed by atoms with Crippen LogP contribution in [0.4, 0.5) is 0 Å².